The van der Waals surface area contributed by atoms with Gasteiger partial charge in [-0.3, -0.25) is 0 Å². The van der Waals surface area contributed by atoms with Crippen molar-refractivity contribution in [2.24, 2.45) is 0 Å². The molecule has 3 N–H and O–H groups in total. The third-order valence-corrected chi connectivity index (χ3v) is 4.52. The fraction of sp³-hybridized carbons (Fsp3) is 0.400. The molecule has 122 valence electrons. The van der Waals surface area contributed by atoms with E-state index in [0.29, 0.717) is 5.69 Å². The summed E-state index contributed by atoms with van der Waals surface area (Å²) in [6.45, 7) is 7.52. The second kappa shape index (κ2) is 7.95. The minimum atomic E-state index is -3.82. The van der Waals surface area contributed by atoms with E-state index in [1.807, 2.05) is 13.8 Å². The first-order chi connectivity index (χ1) is 10.3. The van der Waals surface area contributed by atoms with Gasteiger partial charge in [0, 0.05) is 12.6 Å². The van der Waals surface area contributed by atoms with Gasteiger partial charge in [0.1, 0.15) is 4.90 Å². The second-order valence-electron chi connectivity index (χ2n) is 4.99. The number of hydrogen-bond donors (Lipinski definition) is 3. The molecule has 0 saturated heterocycles. The van der Waals surface area contributed by atoms with Crippen molar-refractivity contribution < 1.29 is 18.3 Å². The van der Waals surface area contributed by atoms with Crippen LogP contribution in [0, 0.1) is 0 Å². The van der Waals surface area contributed by atoms with E-state index in [0.717, 1.165) is 18.9 Å². The first-order valence-electron chi connectivity index (χ1n) is 7.06. The Hall–Kier alpha value is -1.86. The van der Waals surface area contributed by atoms with Crippen LogP contribution in [0.15, 0.2) is 35.7 Å². The molecule has 1 aromatic rings. The van der Waals surface area contributed by atoms with Crippen LogP contribution in [-0.4, -0.2) is 32.1 Å². The van der Waals surface area contributed by atoms with Gasteiger partial charge in [-0.05, 0) is 31.5 Å². The van der Waals surface area contributed by atoms with E-state index >= 15 is 0 Å². The number of nitrogens with one attached hydrogen (secondary N) is 2. The Balaban J connectivity index is 3.26. The Kier molecular flexibility index (Phi) is 6.58. The Morgan fingerprint density at radius 1 is 1.45 bits per heavy atom. The van der Waals surface area contributed by atoms with Crippen molar-refractivity contribution in [3.05, 3.63) is 36.4 Å². The van der Waals surface area contributed by atoms with Gasteiger partial charge in [-0.2, -0.15) is 0 Å². The van der Waals surface area contributed by atoms with Crippen LogP contribution in [-0.2, 0) is 10.0 Å². The predicted molar refractivity (Wildman–Crippen MR) is 86.8 cm³/mol. The van der Waals surface area contributed by atoms with Gasteiger partial charge >= 0.3 is 5.97 Å². The van der Waals surface area contributed by atoms with Crippen LogP contribution in [0.2, 0.25) is 0 Å². The molecule has 0 aromatic heterocycles. The molecular formula is C15H22N2O4S. The van der Waals surface area contributed by atoms with E-state index in [-0.39, 0.29) is 23.0 Å². The van der Waals surface area contributed by atoms with Crippen molar-refractivity contribution in [3.63, 3.8) is 0 Å². The topological polar surface area (TPSA) is 95.5 Å². The zero-order valence-electron chi connectivity index (χ0n) is 12.8. The van der Waals surface area contributed by atoms with Crippen LogP contribution in [0.3, 0.4) is 0 Å². The van der Waals surface area contributed by atoms with Gasteiger partial charge in [-0.1, -0.05) is 19.4 Å². The molecule has 0 aliphatic carbocycles. The lowest BCUT2D eigenvalue weighted by atomic mass is 10.1. The standard InChI is InChI=1S/C15H22N2O4S/c1-4-6-11(3)17-13-8-7-12(15(18)19)10-14(13)22(20,21)16-9-5-2/h5,7-8,10-11,16-17H,2,4,6,9H2,1,3H3,(H,18,19)/t11-/m0/s1. The predicted octanol–water partition coefficient (Wildman–Crippen LogP) is 2.45. The van der Waals surface area contributed by atoms with Crippen molar-refractivity contribution in [1.29, 1.82) is 0 Å². The maximum absolute atomic E-state index is 12.3. The quantitative estimate of drug-likeness (QED) is 0.606. The Labute approximate surface area is 131 Å². The first kappa shape index (κ1) is 18.2. The van der Waals surface area contributed by atoms with E-state index in [2.05, 4.69) is 16.6 Å². The van der Waals surface area contributed by atoms with Crippen molar-refractivity contribution in [3.8, 4) is 0 Å². The maximum Gasteiger partial charge on any atom is 0.335 e. The number of aromatic carboxylic acids is 1. The number of carbonyl (C=O) groups is 1. The van der Waals surface area contributed by atoms with Crippen LogP contribution in [0.25, 0.3) is 0 Å². The van der Waals surface area contributed by atoms with Gasteiger partial charge in [-0.25, -0.2) is 17.9 Å². The van der Waals surface area contributed by atoms with Gasteiger partial charge in [-0.15, -0.1) is 6.58 Å². The Bertz CT molecular complexity index is 641. The largest absolute Gasteiger partial charge is 0.478 e. The van der Waals surface area contributed by atoms with Crippen molar-refractivity contribution in [2.45, 2.75) is 37.6 Å². The summed E-state index contributed by atoms with van der Waals surface area (Å²) >= 11 is 0. The van der Waals surface area contributed by atoms with E-state index < -0.39 is 16.0 Å². The van der Waals surface area contributed by atoms with Crippen molar-refractivity contribution in [1.82, 2.24) is 4.72 Å². The highest BCUT2D eigenvalue weighted by atomic mass is 32.2. The Morgan fingerprint density at radius 2 is 2.14 bits per heavy atom. The van der Waals surface area contributed by atoms with Gasteiger partial charge < -0.3 is 10.4 Å². The summed E-state index contributed by atoms with van der Waals surface area (Å²) in [5.74, 6) is -1.17. The molecule has 0 aliphatic heterocycles. The lowest BCUT2D eigenvalue weighted by Crippen LogP contribution is -2.26. The number of rotatable bonds is 9. The SMILES string of the molecule is C=CCNS(=O)(=O)c1cc(C(=O)O)ccc1N[C@@H](C)CCC. The maximum atomic E-state index is 12.3. The molecule has 0 fully saturated rings. The minimum Gasteiger partial charge on any atom is -0.478 e. The molecule has 6 nitrogen and oxygen atoms in total. The van der Waals surface area contributed by atoms with Gasteiger partial charge in [0.25, 0.3) is 0 Å². The molecule has 0 bridgehead atoms. The highest BCUT2D eigenvalue weighted by Crippen LogP contribution is 2.24. The average molecular weight is 326 g/mol. The number of carboxylic acids is 1. The number of hydrogen-bond acceptors (Lipinski definition) is 4. The zero-order valence-corrected chi connectivity index (χ0v) is 13.6. The second-order valence-corrected chi connectivity index (χ2v) is 6.73. The van der Waals surface area contributed by atoms with Crippen LogP contribution in [0.4, 0.5) is 5.69 Å². The Morgan fingerprint density at radius 3 is 2.68 bits per heavy atom. The highest BCUT2D eigenvalue weighted by molar-refractivity contribution is 7.89. The van der Waals surface area contributed by atoms with Crippen molar-refractivity contribution >= 4 is 21.7 Å². The van der Waals surface area contributed by atoms with Crippen LogP contribution < -0.4 is 10.0 Å². The summed E-state index contributed by atoms with van der Waals surface area (Å²) in [6.07, 6.45) is 3.25. The van der Waals surface area contributed by atoms with E-state index in [1.54, 1.807) is 0 Å². The van der Waals surface area contributed by atoms with E-state index in [9.17, 15) is 13.2 Å². The van der Waals surface area contributed by atoms with Gasteiger partial charge in [0.2, 0.25) is 10.0 Å². The summed E-state index contributed by atoms with van der Waals surface area (Å²) in [5, 5.41) is 12.2. The number of carboxylic acid groups (broad SMARTS) is 1. The lowest BCUT2D eigenvalue weighted by Gasteiger charge is -2.18. The molecule has 0 spiro atoms. The molecule has 0 amide bonds. The molecule has 22 heavy (non-hydrogen) atoms. The lowest BCUT2D eigenvalue weighted by molar-refractivity contribution is 0.0696. The summed E-state index contributed by atoms with van der Waals surface area (Å²) in [5.41, 5.74) is 0.315. The normalized spacial score (nSPS) is 12.6. The number of anilines is 1. The summed E-state index contributed by atoms with van der Waals surface area (Å²) in [7, 11) is -3.82. The van der Waals surface area contributed by atoms with Crippen LogP contribution in [0.1, 0.15) is 37.0 Å². The molecular weight excluding hydrogens is 304 g/mol. The highest BCUT2D eigenvalue weighted by Gasteiger charge is 2.21. The third-order valence-electron chi connectivity index (χ3n) is 3.06. The molecule has 0 heterocycles. The van der Waals surface area contributed by atoms with Gasteiger partial charge in [0.15, 0.2) is 0 Å². The third kappa shape index (κ3) is 4.85. The van der Waals surface area contributed by atoms with Gasteiger partial charge in [0.05, 0.1) is 11.3 Å². The molecule has 1 atom stereocenters. The van der Waals surface area contributed by atoms with E-state index in [4.69, 9.17) is 5.11 Å². The molecule has 0 unspecified atom stereocenters. The number of sulfonamides is 1. The number of benzene rings is 1. The fourth-order valence-corrected chi connectivity index (χ4v) is 3.21. The molecule has 1 rings (SSSR count). The molecule has 0 radical (unpaired) electrons. The smallest absolute Gasteiger partial charge is 0.335 e. The minimum absolute atomic E-state index is 0.0720. The van der Waals surface area contributed by atoms with Crippen LogP contribution >= 0.6 is 0 Å². The summed E-state index contributed by atoms with van der Waals surface area (Å²) in [4.78, 5) is 11.0. The van der Waals surface area contributed by atoms with Crippen LogP contribution in [0.5, 0.6) is 0 Å². The monoisotopic (exact) mass is 326 g/mol. The molecule has 0 saturated carbocycles. The molecule has 1 aromatic carbocycles. The summed E-state index contributed by atoms with van der Waals surface area (Å²) in [6, 6.07) is 4.11. The molecule has 7 heteroatoms. The first-order valence-corrected chi connectivity index (χ1v) is 8.54. The molecule has 0 aliphatic rings. The van der Waals surface area contributed by atoms with Crippen molar-refractivity contribution in [2.75, 3.05) is 11.9 Å². The zero-order chi connectivity index (χ0) is 16.8. The fourth-order valence-electron chi connectivity index (χ4n) is 2.01. The van der Waals surface area contributed by atoms with E-state index in [1.165, 1.54) is 18.2 Å². The summed E-state index contributed by atoms with van der Waals surface area (Å²) < 4.78 is 27.0. The average Bonchev–Trinajstić information content (AvgIpc) is 2.45.